The second-order valence-electron chi connectivity index (χ2n) is 4.69. The van der Waals surface area contributed by atoms with Gasteiger partial charge >= 0.3 is 0 Å². The van der Waals surface area contributed by atoms with Crippen molar-refractivity contribution in [3.8, 4) is 5.75 Å². The Morgan fingerprint density at radius 2 is 1.95 bits per heavy atom. The van der Waals surface area contributed by atoms with Crippen molar-refractivity contribution >= 4 is 11.6 Å². The quantitative estimate of drug-likeness (QED) is 0.905. The molecule has 0 bridgehead atoms. The molecule has 0 radical (unpaired) electrons. The SMILES string of the molecule is Cc1cc([C@H](C)N)ccc1OCc1ccccc1Cl. The van der Waals surface area contributed by atoms with Gasteiger partial charge in [0.1, 0.15) is 12.4 Å². The number of nitrogens with two attached hydrogens (primary N) is 1. The van der Waals surface area contributed by atoms with Crippen LogP contribution in [0.1, 0.15) is 29.7 Å². The monoisotopic (exact) mass is 275 g/mol. The van der Waals surface area contributed by atoms with Gasteiger partial charge in [-0.15, -0.1) is 0 Å². The first-order chi connectivity index (χ1) is 9.08. The standard InChI is InChI=1S/C16H18ClNO/c1-11-9-13(12(2)18)7-8-16(11)19-10-14-5-3-4-6-15(14)17/h3-9,12H,10,18H2,1-2H3/t12-/m0/s1. The highest BCUT2D eigenvalue weighted by molar-refractivity contribution is 6.31. The Hall–Kier alpha value is -1.51. The van der Waals surface area contributed by atoms with Crippen molar-refractivity contribution in [1.82, 2.24) is 0 Å². The van der Waals surface area contributed by atoms with Crippen LogP contribution in [0.4, 0.5) is 0 Å². The molecule has 3 heteroatoms. The van der Waals surface area contributed by atoms with Crippen molar-refractivity contribution in [2.45, 2.75) is 26.5 Å². The minimum Gasteiger partial charge on any atom is -0.489 e. The van der Waals surface area contributed by atoms with Crippen molar-refractivity contribution in [1.29, 1.82) is 0 Å². The fraction of sp³-hybridized carbons (Fsp3) is 0.250. The van der Waals surface area contributed by atoms with Gasteiger partial charge in [0.05, 0.1) is 0 Å². The fourth-order valence-corrected chi connectivity index (χ4v) is 2.08. The lowest BCUT2D eigenvalue weighted by atomic mass is 10.1. The second kappa shape index (κ2) is 6.09. The predicted molar refractivity (Wildman–Crippen MR) is 79.6 cm³/mol. The molecule has 0 fully saturated rings. The number of aryl methyl sites for hydroxylation is 1. The molecule has 0 aliphatic carbocycles. The van der Waals surface area contributed by atoms with Crippen molar-refractivity contribution in [3.63, 3.8) is 0 Å². The topological polar surface area (TPSA) is 35.2 Å². The van der Waals surface area contributed by atoms with Crippen molar-refractivity contribution in [2.75, 3.05) is 0 Å². The maximum atomic E-state index is 6.10. The van der Waals surface area contributed by atoms with Crippen LogP contribution in [0.5, 0.6) is 5.75 Å². The molecule has 2 aromatic carbocycles. The zero-order valence-corrected chi connectivity index (χ0v) is 11.9. The molecule has 0 aliphatic rings. The highest BCUT2D eigenvalue weighted by Gasteiger charge is 2.05. The lowest BCUT2D eigenvalue weighted by Crippen LogP contribution is -2.05. The van der Waals surface area contributed by atoms with Crippen LogP contribution in [0.3, 0.4) is 0 Å². The largest absolute Gasteiger partial charge is 0.489 e. The average Bonchev–Trinajstić information content (AvgIpc) is 2.39. The van der Waals surface area contributed by atoms with Crippen molar-refractivity contribution < 1.29 is 4.74 Å². The minimum absolute atomic E-state index is 0.0383. The van der Waals surface area contributed by atoms with Crippen LogP contribution >= 0.6 is 11.6 Å². The summed E-state index contributed by atoms with van der Waals surface area (Å²) < 4.78 is 5.81. The van der Waals surface area contributed by atoms with E-state index in [1.165, 1.54) is 0 Å². The summed E-state index contributed by atoms with van der Waals surface area (Å²) in [6, 6.07) is 13.8. The molecule has 2 rings (SSSR count). The Kier molecular flexibility index (Phi) is 4.46. The summed E-state index contributed by atoms with van der Waals surface area (Å²) in [7, 11) is 0. The van der Waals surface area contributed by atoms with Gasteiger partial charge in [-0.05, 0) is 37.1 Å². The smallest absolute Gasteiger partial charge is 0.122 e. The molecule has 0 spiro atoms. The molecule has 0 heterocycles. The predicted octanol–water partition coefficient (Wildman–Crippen LogP) is 4.25. The van der Waals surface area contributed by atoms with Crippen LogP contribution in [-0.2, 0) is 6.61 Å². The number of rotatable bonds is 4. The molecule has 100 valence electrons. The van der Waals surface area contributed by atoms with Gasteiger partial charge in [-0.3, -0.25) is 0 Å². The normalized spacial score (nSPS) is 12.2. The van der Waals surface area contributed by atoms with Crippen LogP contribution in [0.2, 0.25) is 5.02 Å². The highest BCUT2D eigenvalue weighted by Crippen LogP contribution is 2.24. The van der Waals surface area contributed by atoms with E-state index in [9.17, 15) is 0 Å². The van der Waals surface area contributed by atoms with E-state index < -0.39 is 0 Å². The van der Waals surface area contributed by atoms with E-state index in [1.54, 1.807) is 0 Å². The van der Waals surface area contributed by atoms with Crippen LogP contribution in [0, 0.1) is 6.92 Å². The molecular formula is C16H18ClNO. The van der Waals surface area contributed by atoms with Crippen LogP contribution in [0.15, 0.2) is 42.5 Å². The first-order valence-corrected chi connectivity index (χ1v) is 6.68. The minimum atomic E-state index is 0.0383. The van der Waals surface area contributed by atoms with E-state index in [1.807, 2.05) is 50.2 Å². The maximum Gasteiger partial charge on any atom is 0.122 e. The lowest BCUT2D eigenvalue weighted by Gasteiger charge is -2.13. The molecule has 0 aliphatic heterocycles. The molecular weight excluding hydrogens is 258 g/mol. The Morgan fingerprint density at radius 1 is 1.21 bits per heavy atom. The first kappa shape index (κ1) is 13.9. The van der Waals surface area contributed by atoms with Gasteiger partial charge in [0.15, 0.2) is 0 Å². The summed E-state index contributed by atoms with van der Waals surface area (Å²) in [5.41, 5.74) is 9.04. The number of hydrogen-bond acceptors (Lipinski definition) is 2. The van der Waals surface area contributed by atoms with E-state index in [4.69, 9.17) is 22.1 Å². The lowest BCUT2D eigenvalue weighted by molar-refractivity contribution is 0.304. The van der Waals surface area contributed by atoms with Gasteiger partial charge < -0.3 is 10.5 Å². The molecule has 0 amide bonds. The summed E-state index contributed by atoms with van der Waals surface area (Å²) in [5, 5.41) is 0.729. The Labute approximate surface area is 119 Å². The Morgan fingerprint density at radius 3 is 2.58 bits per heavy atom. The summed E-state index contributed by atoms with van der Waals surface area (Å²) in [5.74, 6) is 0.865. The Balaban J connectivity index is 2.10. The fourth-order valence-electron chi connectivity index (χ4n) is 1.89. The second-order valence-corrected chi connectivity index (χ2v) is 5.10. The van der Waals surface area contributed by atoms with E-state index in [0.29, 0.717) is 6.61 Å². The van der Waals surface area contributed by atoms with Gasteiger partial charge in [0, 0.05) is 16.6 Å². The van der Waals surface area contributed by atoms with Gasteiger partial charge in [-0.1, -0.05) is 41.9 Å². The third-order valence-electron chi connectivity index (χ3n) is 3.07. The van der Waals surface area contributed by atoms with Gasteiger partial charge in [0.25, 0.3) is 0 Å². The number of ether oxygens (including phenoxy) is 1. The van der Waals surface area contributed by atoms with E-state index in [2.05, 4.69) is 6.07 Å². The summed E-state index contributed by atoms with van der Waals surface area (Å²) in [4.78, 5) is 0. The zero-order valence-electron chi connectivity index (χ0n) is 11.2. The third-order valence-corrected chi connectivity index (χ3v) is 3.43. The van der Waals surface area contributed by atoms with Gasteiger partial charge in [-0.25, -0.2) is 0 Å². The molecule has 1 atom stereocenters. The van der Waals surface area contributed by atoms with Crippen LogP contribution < -0.4 is 10.5 Å². The van der Waals surface area contributed by atoms with Gasteiger partial charge in [0.2, 0.25) is 0 Å². The molecule has 0 unspecified atom stereocenters. The highest BCUT2D eigenvalue weighted by atomic mass is 35.5. The summed E-state index contributed by atoms with van der Waals surface area (Å²) in [6.07, 6.45) is 0. The van der Waals surface area contributed by atoms with Crippen LogP contribution in [0.25, 0.3) is 0 Å². The molecule has 0 saturated carbocycles. The third kappa shape index (κ3) is 3.49. The van der Waals surface area contributed by atoms with E-state index >= 15 is 0 Å². The average molecular weight is 276 g/mol. The summed E-state index contributed by atoms with van der Waals surface area (Å²) in [6.45, 7) is 4.46. The zero-order chi connectivity index (χ0) is 13.8. The maximum absolute atomic E-state index is 6.10. The first-order valence-electron chi connectivity index (χ1n) is 6.30. The number of hydrogen-bond donors (Lipinski definition) is 1. The number of benzene rings is 2. The van der Waals surface area contributed by atoms with Gasteiger partial charge in [-0.2, -0.15) is 0 Å². The van der Waals surface area contributed by atoms with Crippen molar-refractivity contribution in [2.24, 2.45) is 5.73 Å². The molecule has 0 aromatic heterocycles. The Bertz CT molecular complexity index is 566. The van der Waals surface area contributed by atoms with E-state index in [0.717, 1.165) is 27.5 Å². The molecule has 0 saturated heterocycles. The van der Waals surface area contributed by atoms with Crippen molar-refractivity contribution in [3.05, 3.63) is 64.2 Å². The van der Waals surface area contributed by atoms with Crippen LogP contribution in [-0.4, -0.2) is 0 Å². The van der Waals surface area contributed by atoms with E-state index in [-0.39, 0.29) is 6.04 Å². The molecule has 2 N–H and O–H groups in total. The number of halogens is 1. The summed E-state index contributed by atoms with van der Waals surface area (Å²) >= 11 is 6.10. The molecule has 2 nitrogen and oxygen atoms in total. The molecule has 2 aromatic rings. The molecule has 19 heavy (non-hydrogen) atoms.